The fourth-order valence-corrected chi connectivity index (χ4v) is 3.46. The van der Waals surface area contributed by atoms with E-state index in [1.54, 1.807) is 12.0 Å². The Labute approximate surface area is 183 Å². The van der Waals surface area contributed by atoms with Crippen LogP contribution in [0.3, 0.4) is 0 Å². The molecule has 5 nitrogen and oxygen atoms in total. The van der Waals surface area contributed by atoms with Crippen LogP contribution >= 0.6 is 0 Å². The Balaban J connectivity index is 1.94. The quantitative estimate of drug-likeness (QED) is 0.512. The minimum Gasteiger partial charge on any atom is -0.383 e. The number of methoxy groups -OCH3 is 1. The van der Waals surface area contributed by atoms with E-state index in [0.717, 1.165) is 16.7 Å². The van der Waals surface area contributed by atoms with Gasteiger partial charge in [0.05, 0.1) is 13.0 Å². The van der Waals surface area contributed by atoms with Crippen LogP contribution < -0.4 is 5.32 Å². The molecule has 5 heteroatoms. The summed E-state index contributed by atoms with van der Waals surface area (Å²) < 4.78 is 5.07. The Bertz CT molecular complexity index is 946. The minimum absolute atomic E-state index is 0.106. The second-order valence-electron chi connectivity index (χ2n) is 7.27. The van der Waals surface area contributed by atoms with Crippen LogP contribution in [0.4, 0.5) is 0 Å². The zero-order valence-electron chi connectivity index (χ0n) is 17.7. The molecule has 31 heavy (non-hydrogen) atoms. The van der Waals surface area contributed by atoms with Crippen molar-refractivity contribution < 1.29 is 14.3 Å². The van der Waals surface area contributed by atoms with Crippen molar-refractivity contribution >= 4 is 11.8 Å². The average molecular weight is 417 g/mol. The van der Waals surface area contributed by atoms with Gasteiger partial charge in [0, 0.05) is 20.2 Å². The number of ether oxygens (including phenoxy) is 1. The molecule has 0 bridgehead atoms. The summed E-state index contributed by atoms with van der Waals surface area (Å²) in [6, 6.07) is 28.0. The zero-order chi connectivity index (χ0) is 21.9. The summed E-state index contributed by atoms with van der Waals surface area (Å²) in [5.41, 5.74) is 2.65. The second-order valence-corrected chi connectivity index (χ2v) is 7.27. The van der Waals surface area contributed by atoms with E-state index >= 15 is 0 Å². The lowest BCUT2D eigenvalue weighted by atomic mass is 10.0. The van der Waals surface area contributed by atoms with Gasteiger partial charge in [-0.1, -0.05) is 91.0 Å². The monoisotopic (exact) mass is 416 g/mol. The van der Waals surface area contributed by atoms with Crippen LogP contribution in [0.5, 0.6) is 0 Å². The Morgan fingerprint density at radius 2 is 1.39 bits per heavy atom. The summed E-state index contributed by atoms with van der Waals surface area (Å²) in [4.78, 5) is 28.4. The molecule has 0 aliphatic heterocycles. The molecule has 1 unspecified atom stereocenters. The highest BCUT2D eigenvalue weighted by Crippen LogP contribution is 2.25. The van der Waals surface area contributed by atoms with Gasteiger partial charge in [-0.15, -0.1) is 0 Å². The van der Waals surface area contributed by atoms with E-state index in [-0.39, 0.29) is 18.2 Å². The topological polar surface area (TPSA) is 58.6 Å². The van der Waals surface area contributed by atoms with E-state index in [4.69, 9.17) is 4.74 Å². The van der Waals surface area contributed by atoms with Gasteiger partial charge in [-0.2, -0.15) is 0 Å². The largest absolute Gasteiger partial charge is 0.383 e. The molecule has 0 saturated heterocycles. The lowest BCUT2D eigenvalue weighted by Crippen LogP contribution is -2.44. The summed E-state index contributed by atoms with van der Waals surface area (Å²) in [6.45, 7) is 1.12. The van der Waals surface area contributed by atoms with Crippen LogP contribution in [0.2, 0.25) is 0 Å². The molecule has 0 aromatic heterocycles. The maximum atomic E-state index is 13.5. The number of nitrogens with zero attached hydrogens (tertiary/aromatic N) is 1. The summed E-state index contributed by atoms with van der Waals surface area (Å²) in [5, 5.41) is 2.91. The molecule has 3 rings (SSSR count). The van der Waals surface area contributed by atoms with E-state index in [9.17, 15) is 9.59 Å². The van der Waals surface area contributed by atoms with Crippen LogP contribution in [0.25, 0.3) is 0 Å². The first-order valence-electron chi connectivity index (χ1n) is 10.4. The highest BCUT2D eigenvalue weighted by atomic mass is 16.5. The fourth-order valence-electron chi connectivity index (χ4n) is 3.46. The number of nitrogens with one attached hydrogen (secondary N) is 1. The Kier molecular flexibility index (Phi) is 8.38. The van der Waals surface area contributed by atoms with Crippen molar-refractivity contribution in [3.63, 3.8) is 0 Å². The van der Waals surface area contributed by atoms with Crippen molar-refractivity contribution in [1.82, 2.24) is 10.2 Å². The molecule has 0 aliphatic rings. The van der Waals surface area contributed by atoms with Crippen molar-refractivity contribution in [3.05, 3.63) is 108 Å². The molecule has 1 atom stereocenters. The fraction of sp³-hybridized carbons (Fsp3) is 0.231. The summed E-state index contributed by atoms with van der Waals surface area (Å²) in [6.07, 6.45) is 0.225. The van der Waals surface area contributed by atoms with E-state index < -0.39 is 6.04 Å². The van der Waals surface area contributed by atoms with E-state index in [0.29, 0.717) is 19.7 Å². The molecular formula is C26H28N2O3. The van der Waals surface area contributed by atoms with Gasteiger partial charge in [0.15, 0.2) is 0 Å². The van der Waals surface area contributed by atoms with Gasteiger partial charge in [0.2, 0.25) is 11.8 Å². The molecule has 0 fully saturated rings. The number of benzene rings is 3. The van der Waals surface area contributed by atoms with Crippen LogP contribution in [-0.2, 0) is 27.3 Å². The summed E-state index contributed by atoms with van der Waals surface area (Å²) >= 11 is 0. The maximum Gasteiger partial charge on any atom is 0.247 e. The Morgan fingerprint density at radius 3 is 1.97 bits per heavy atom. The number of carbonyl (C=O) groups excluding carboxylic acids is 2. The first-order chi connectivity index (χ1) is 15.2. The minimum atomic E-state index is -0.741. The van der Waals surface area contributed by atoms with E-state index in [1.807, 2.05) is 91.0 Å². The number of carbonyl (C=O) groups is 2. The lowest BCUT2D eigenvalue weighted by Gasteiger charge is -2.32. The van der Waals surface area contributed by atoms with Crippen molar-refractivity contribution in [3.8, 4) is 0 Å². The predicted octanol–water partition coefficient (Wildman–Crippen LogP) is 3.76. The van der Waals surface area contributed by atoms with Crippen LogP contribution in [0.1, 0.15) is 22.7 Å². The molecule has 3 aromatic rings. The zero-order valence-corrected chi connectivity index (χ0v) is 17.7. The van der Waals surface area contributed by atoms with Crippen LogP contribution in [0, 0.1) is 0 Å². The first-order valence-corrected chi connectivity index (χ1v) is 10.4. The standard InChI is InChI=1S/C26H28N2O3/c1-31-18-17-27-26(30)25(23-15-9-4-10-16-23)28(20-22-13-7-3-8-14-22)24(29)19-21-11-5-2-6-12-21/h2-16,25H,17-20H2,1H3,(H,27,30). The Morgan fingerprint density at radius 1 is 0.839 bits per heavy atom. The lowest BCUT2D eigenvalue weighted by molar-refractivity contribution is -0.141. The number of rotatable bonds is 10. The van der Waals surface area contributed by atoms with Crippen molar-refractivity contribution in [2.75, 3.05) is 20.3 Å². The highest BCUT2D eigenvalue weighted by Gasteiger charge is 2.31. The summed E-state index contributed by atoms with van der Waals surface area (Å²) in [5.74, 6) is -0.327. The summed E-state index contributed by atoms with van der Waals surface area (Å²) in [7, 11) is 1.59. The van der Waals surface area contributed by atoms with Gasteiger partial charge in [0.25, 0.3) is 0 Å². The first kappa shape index (κ1) is 22.2. The molecule has 1 N–H and O–H groups in total. The van der Waals surface area contributed by atoms with Gasteiger partial charge in [-0.3, -0.25) is 9.59 Å². The smallest absolute Gasteiger partial charge is 0.247 e. The molecule has 3 aromatic carbocycles. The van der Waals surface area contributed by atoms with Crippen LogP contribution in [0.15, 0.2) is 91.0 Å². The third-order valence-electron chi connectivity index (χ3n) is 5.00. The maximum absolute atomic E-state index is 13.5. The third-order valence-corrected chi connectivity index (χ3v) is 5.00. The average Bonchev–Trinajstić information content (AvgIpc) is 2.81. The molecule has 160 valence electrons. The SMILES string of the molecule is COCCNC(=O)C(c1ccccc1)N(Cc1ccccc1)C(=O)Cc1ccccc1. The molecule has 0 spiro atoms. The van der Waals surface area contributed by atoms with Crippen molar-refractivity contribution in [1.29, 1.82) is 0 Å². The van der Waals surface area contributed by atoms with Crippen molar-refractivity contribution in [2.45, 2.75) is 19.0 Å². The second kappa shape index (κ2) is 11.7. The normalized spacial score (nSPS) is 11.5. The van der Waals surface area contributed by atoms with E-state index in [2.05, 4.69) is 5.32 Å². The van der Waals surface area contributed by atoms with Gasteiger partial charge in [0.1, 0.15) is 6.04 Å². The van der Waals surface area contributed by atoms with Gasteiger partial charge >= 0.3 is 0 Å². The van der Waals surface area contributed by atoms with Gasteiger partial charge in [-0.05, 0) is 16.7 Å². The molecule has 0 aliphatic carbocycles. The van der Waals surface area contributed by atoms with Crippen LogP contribution in [-0.4, -0.2) is 37.0 Å². The van der Waals surface area contributed by atoms with Crippen molar-refractivity contribution in [2.24, 2.45) is 0 Å². The molecule has 0 saturated carbocycles. The Hall–Kier alpha value is -3.44. The number of amides is 2. The van der Waals surface area contributed by atoms with E-state index in [1.165, 1.54) is 0 Å². The molecule has 2 amide bonds. The highest BCUT2D eigenvalue weighted by molar-refractivity contribution is 5.89. The van der Waals surface area contributed by atoms with Gasteiger partial charge in [-0.25, -0.2) is 0 Å². The molecular weight excluding hydrogens is 388 g/mol. The number of hydrogen-bond donors (Lipinski definition) is 1. The molecule has 0 heterocycles. The predicted molar refractivity (Wildman–Crippen MR) is 121 cm³/mol. The third kappa shape index (κ3) is 6.52. The number of hydrogen-bond acceptors (Lipinski definition) is 3. The van der Waals surface area contributed by atoms with Gasteiger partial charge < -0.3 is 15.0 Å². The molecule has 0 radical (unpaired) electrons.